The van der Waals surface area contributed by atoms with Crippen molar-refractivity contribution in [3.05, 3.63) is 36.7 Å². The van der Waals surface area contributed by atoms with Crippen molar-refractivity contribution in [1.29, 1.82) is 0 Å². The molecule has 0 aromatic carbocycles. The summed E-state index contributed by atoms with van der Waals surface area (Å²) in [5.74, 6) is -0.587. The van der Waals surface area contributed by atoms with Crippen LogP contribution in [-0.4, -0.2) is 22.7 Å². The van der Waals surface area contributed by atoms with Gasteiger partial charge >= 0.3 is 5.97 Å². The molecule has 4 heteroatoms. The predicted molar refractivity (Wildman–Crippen MR) is 46.9 cm³/mol. The Bertz CT molecular complexity index is 322. The quantitative estimate of drug-likeness (QED) is 0.708. The molecule has 0 fully saturated rings. The van der Waals surface area contributed by atoms with E-state index in [1.54, 1.807) is 12.1 Å². The predicted octanol–water partition coefficient (Wildman–Crippen LogP) is 1.34. The molecule has 68 valence electrons. The molecule has 1 aromatic rings. The second-order valence-electron chi connectivity index (χ2n) is 2.28. The summed E-state index contributed by atoms with van der Waals surface area (Å²) in [7, 11) is 0. The minimum Gasteiger partial charge on any atom is -0.489 e. The van der Waals surface area contributed by atoms with Crippen LogP contribution in [0.25, 0.3) is 0 Å². The number of nitrogens with zero attached hydrogens (tertiary/aromatic N) is 1. The molecule has 13 heavy (non-hydrogen) atoms. The van der Waals surface area contributed by atoms with Gasteiger partial charge in [0.1, 0.15) is 12.4 Å². The Labute approximate surface area is 75.5 Å². The highest BCUT2D eigenvalue weighted by molar-refractivity contribution is 5.85. The van der Waals surface area contributed by atoms with Crippen molar-refractivity contribution in [2.24, 2.45) is 0 Å². The highest BCUT2D eigenvalue weighted by Crippen LogP contribution is 2.10. The number of carbonyl (C=O) groups is 1. The van der Waals surface area contributed by atoms with Crippen LogP contribution < -0.4 is 4.74 Å². The zero-order chi connectivity index (χ0) is 9.68. The van der Waals surface area contributed by atoms with Gasteiger partial charge in [0.15, 0.2) is 5.69 Å². The van der Waals surface area contributed by atoms with E-state index in [9.17, 15) is 4.79 Å². The summed E-state index contributed by atoms with van der Waals surface area (Å²) in [5.41, 5.74) is -0.0263. The average Bonchev–Trinajstić information content (AvgIpc) is 2.15. The summed E-state index contributed by atoms with van der Waals surface area (Å²) in [4.78, 5) is 14.1. The van der Waals surface area contributed by atoms with Crippen molar-refractivity contribution in [3.8, 4) is 5.75 Å². The van der Waals surface area contributed by atoms with Gasteiger partial charge in [-0.3, -0.25) is 0 Å². The monoisotopic (exact) mass is 179 g/mol. The van der Waals surface area contributed by atoms with Crippen molar-refractivity contribution in [3.63, 3.8) is 0 Å². The lowest BCUT2D eigenvalue weighted by molar-refractivity contribution is 0.0690. The SMILES string of the molecule is C=CCOc1ccnc(C(=O)O)c1. The minimum absolute atomic E-state index is 0.0263. The Balaban J connectivity index is 2.79. The Morgan fingerprint density at radius 2 is 2.54 bits per heavy atom. The molecule has 0 aliphatic heterocycles. The van der Waals surface area contributed by atoms with Crippen molar-refractivity contribution in [2.75, 3.05) is 6.61 Å². The van der Waals surface area contributed by atoms with Gasteiger partial charge in [-0.05, 0) is 6.07 Å². The van der Waals surface area contributed by atoms with Crippen LogP contribution in [0.3, 0.4) is 0 Å². The number of hydrogen-bond donors (Lipinski definition) is 1. The van der Waals surface area contributed by atoms with Gasteiger partial charge in [-0.2, -0.15) is 0 Å². The zero-order valence-corrected chi connectivity index (χ0v) is 6.93. The molecule has 0 bridgehead atoms. The molecule has 0 radical (unpaired) electrons. The summed E-state index contributed by atoms with van der Waals surface area (Å²) in [5, 5.41) is 8.60. The third-order valence-electron chi connectivity index (χ3n) is 1.32. The molecular weight excluding hydrogens is 170 g/mol. The fourth-order valence-corrected chi connectivity index (χ4v) is 0.773. The summed E-state index contributed by atoms with van der Waals surface area (Å²) in [6.45, 7) is 3.83. The maximum atomic E-state index is 10.5. The first-order chi connectivity index (χ1) is 6.24. The maximum absolute atomic E-state index is 10.5. The number of hydrogen-bond acceptors (Lipinski definition) is 3. The second-order valence-corrected chi connectivity index (χ2v) is 2.28. The highest BCUT2D eigenvalue weighted by Gasteiger charge is 2.04. The van der Waals surface area contributed by atoms with Crippen molar-refractivity contribution >= 4 is 5.97 Å². The van der Waals surface area contributed by atoms with E-state index in [2.05, 4.69) is 11.6 Å². The second kappa shape index (κ2) is 4.25. The normalized spacial score (nSPS) is 9.23. The van der Waals surface area contributed by atoms with Crippen molar-refractivity contribution in [1.82, 2.24) is 4.98 Å². The fourth-order valence-electron chi connectivity index (χ4n) is 0.773. The molecule has 0 saturated heterocycles. The first-order valence-electron chi connectivity index (χ1n) is 3.67. The molecule has 0 aliphatic carbocycles. The lowest BCUT2D eigenvalue weighted by atomic mass is 10.3. The Morgan fingerprint density at radius 3 is 3.15 bits per heavy atom. The van der Waals surface area contributed by atoms with Gasteiger partial charge in [-0.25, -0.2) is 9.78 Å². The smallest absolute Gasteiger partial charge is 0.354 e. The third-order valence-corrected chi connectivity index (χ3v) is 1.32. The van der Waals surface area contributed by atoms with Gasteiger partial charge in [0.05, 0.1) is 0 Å². The molecule has 1 heterocycles. The minimum atomic E-state index is -1.07. The summed E-state index contributed by atoms with van der Waals surface area (Å²) in [6.07, 6.45) is 2.97. The first-order valence-corrected chi connectivity index (χ1v) is 3.67. The molecule has 1 rings (SSSR count). The van der Waals surface area contributed by atoms with Gasteiger partial charge < -0.3 is 9.84 Å². The van der Waals surface area contributed by atoms with E-state index in [1.165, 1.54) is 12.3 Å². The highest BCUT2D eigenvalue weighted by atomic mass is 16.5. The molecule has 0 amide bonds. The van der Waals surface area contributed by atoms with E-state index in [0.717, 1.165) is 0 Å². The topological polar surface area (TPSA) is 59.4 Å². The average molecular weight is 179 g/mol. The number of aromatic carboxylic acids is 1. The largest absolute Gasteiger partial charge is 0.489 e. The number of ether oxygens (including phenoxy) is 1. The van der Waals surface area contributed by atoms with Crippen LogP contribution in [0, 0.1) is 0 Å². The molecule has 4 nitrogen and oxygen atoms in total. The Hall–Kier alpha value is -1.84. The number of pyridine rings is 1. The van der Waals surface area contributed by atoms with Crippen LogP contribution in [0.4, 0.5) is 0 Å². The Morgan fingerprint density at radius 1 is 1.77 bits per heavy atom. The van der Waals surface area contributed by atoms with Gasteiger partial charge in [0.2, 0.25) is 0 Å². The van der Waals surface area contributed by atoms with Gasteiger partial charge in [0.25, 0.3) is 0 Å². The van der Waals surface area contributed by atoms with Crippen LogP contribution in [0.5, 0.6) is 5.75 Å². The van der Waals surface area contributed by atoms with Crippen LogP contribution in [0.2, 0.25) is 0 Å². The van der Waals surface area contributed by atoms with E-state index in [0.29, 0.717) is 12.4 Å². The Kier molecular flexibility index (Phi) is 3.03. The van der Waals surface area contributed by atoms with Gasteiger partial charge in [-0.15, -0.1) is 0 Å². The number of carboxylic acids is 1. The number of rotatable bonds is 4. The van der Waals surface area contributed by atoms with E-state index in [1.807, 2.05) is 0 Å². The third kappa shape index (κ3) is 2.59. The van der Waals surface area contributed by atoms with E-state index >= 15 is 0 Å². The molecule has 0 unspecified atom stereocenters. The zero-order valence-electron chi connectivity index (χ0n) is 6.93. The molecule has 0 aliphatic rings. The lowest BCUT2D eigenvalue weighted by Gasteiger charge is -2.02. The first kappa shape index (κ1) is 9.25. The van der Waals surface area contributed by atoms with E-state index < -0.39 is 5.97 Å². The summed E-state index contributed by atoms with van der Waals surface area (Å²) < 4.78 is 5.12. The number of aromatic nitrogens is 1. The van der Waals surface area contributed by atoms with Crippen molar-refractivity contribution in [2.45, 2.75) is 0 Å². The van der Waals surface area contributed by atoms with E-state index in [4.69, 9.17) is 9.84 Å². The molecule has 0 spiro atoms. The van der Waals surface area contributed by atoms with Crippen molar-refractivity contribution < 1.29 is 14.6 Å². The number of carboxylic acid groups (broad SMARTS) is 1. The molecule has 1 N–H and O–H groups in total. The summed E-state index contributed by atoms with van der Waals surface area (Å²) in [6, 6.07) is 2.96. The van der Waals surface area contributed by atoms with Crippen LogP contribution >= 0.6 is 0 Å². The molecule has 0 atom stereocenters. The van der Waals surface area contributed by atoms with Crippen LogP contribution in [0.1, 0.15) is 10.5 Å². The lowest BCUT2D eigenvalue weighted by Crippen LogP contribution is -2.01. The van der Waals surface area contributed by atoms with Gasteiger partial charge in [0, 0.05) is 12.3 Å². The summed E-state index contributed by atoms with van der Waals surface area (Å²) >= 11 is 0. The van der Waals surface area contributed by atoms with E-state index in [-0.39, 0.29) is 5.69 Å². The van der Waals surface area contributed by atoms with Gasteiger partial charge in [-0.1, -0.05) is 12.7 Å². The fraction of sp³-hybridized carbons (Fsp3) is 0.111. The standard InChI is InChI=1S/C9H9NO3/c1-2-5-13-7-3-4-10-8(6-7)9(11)12/h2-4,6H,1,5H2,(H,11,12). The van der Waals surface area contributed by atoms with Crippen LogP contribution in [0.15, 0.2) is 31.0 Å². The van der Waals surface area contributed by atoms with Crippen LogP contribution in [-0.2, 0) is 0 Å². The molecule has 0 saturated carbocycles. The molecular formula is C9H9NO3. The maximum Gasteiger partial charge on any atom is 0.354 e. The molecule has 1 aromatic heterocycles.